The fraction of sp³-hybridized carbons (Fsp3) is 0.400. The van der Waals surface area contributed by atoms with Gasteiger partial charge in [-0.15, -0.1) is 10.2 Å². The van der Waals surface area contributed by atoms with Crippen LogP contribution in [0.3, 0.4) is 0 Å². The molecule has 0 unspecified atom stereocenters. The summed E-state index contributed by atoms with van der Waals surface area (Å²) in [5.41, 5.74) is 0.648. The maximum Gasteiger partial charge on any atom is 0.206 e. The Morgan fingerprint density at radius 1 is 1.32 bits per heavy atom. The van der Waals surface area contributed by atoms with Crippen molar-refractivity contribution < 1.29 is 9.53 Å². The first-order valence-corrected chi connectivity index (χ1v) is 8.90. The number of hydrogen-bond donors (Lipinski definition) is 1. The van der Waals surface area contributed by atoms with Crippen LogP contribution in [0, 0.1) is 0 Å². The Balaban J connectivity index is 1.82. The zero-order valence-corrected chi connectivity index (χ0v) is 14.3. The van der Waals surface area contributed by atoms with Crippen molar-refractivity contribution in [3.8, 4) is 5.75 Å². The summed E-state index contributed by atoms with van der Waals surface area (Å²) < 4.78 is 6.01. The molecule has 0 bridgehead atoms. The van der Waals surface area contributed by atoms with Crippen LogP contribution in [0.15, 0.2) is 28.6 Å². The quantitative estimate of drug-likeness (QED) is 0.427. The lowest BCUT2D eigenvalue weighted by molar-refractivity contribution is 0.101. The molecular weight excluding hydrogens is 318 g/mol. The third-order valence-electron chi connectivity index (χ3n) is 2.94. The fourth-order valence-electron chi connectivity index (χ4n) is 1.68. The molecule has 0 spiro atoms. The molecule has 22 heavy (non-hydrogen) atoms. The Morgan fingerprint density at radius 3 is 2.77 bits per heavy atom. The van der Waals surface area contributed by atoms with E-state index in [9.17, 15) is 4.79 Å². The van der Waals surface area contributed by atoms with Crippen LogP contribution < -0.4 is 10.1 Å². The van der Waals surface area contributed by atoms with Gasteiger partial charge in [-0.1, -0.05) is 36.4 Å². The van der Waals surface area contributed by atoms with E-state index >= 15 is 0 Å². The van der Waals surface area contributed by atoms with Crippen molar-refractivity contribution in [3.05, 3.63) is 29.8 Å². The van der Waals surface area contributed by atoms with Gasteiger partial charge < -0.3 is 10.1 Å². The summed E-state index contributed by atoms with van der Waals surface area (Å²) in [6.07, 6.45) is 2.34. The number of rotatable bonds is 9. The lowest BCUT2D eigenvalue weighted by Gasteiger charge is -2.03. The van der Waals surface area contributed by atoms with Crippen LogP contribution in [-0.4, -0.2) is 35.4 Å². The third kappa shape index (κ3) is 4.99. The maximum absolute atomic E-state index is 12.1. The molecule has 0 fully saturated rings. The van der Waals surface area contributed by atoms with Gasteiger partial charge in [-0.05, 0) is 30.7 Å². The highest BCUT2D eigenvalue weighted by Crippen LogP contribution is 2.26. The van der Waals surface area contributed by atoms with Crippen LogP contribution in [0.1, 0.15) is 30.1 Å². The first-order chi connectivity index (χ1) is 10.7. The highest BCUT2D eigenvalue weighted by Gasteiger charge is 2.09. The Bertz CT molecular complexity index is 599. The van der Waals surface area contributed by atoms with E-state index in [1.54, 1.807) is 43.1 Å². The van der Waals surface area contributed by atoms with Crippen LogP contribution in [0.25, 0.3) is 0 Å². The molecule has 0 saturated carbocycles. The molecular formula is C15H19N3O2S2. The molecule has 0 amide bonds. The summed E-state index contributed by atoms with van der Waals surface area (Å²) in [6, 6.07) is 7.07. The number of benzene rings is 1. The summed E-state index contributed by atoms with van der Waals surface area (Å²) >= 11 is 3.19. The number of Topliss-reactive ketones (excluding diaryl/α,β-unsaturated/α-hetero) is 1. The summed E-state index contributed by atoms with van der Waals surface area (Å²) in [4.78, 5) is 12.1. The SMILES string of the molecule is CCCCSc1nnc(NCC(=O)c2ccc(OC)cc2)s1. The molecule has 1 aromatic heterocycles. The highest BCUT2D eigenvalue weighted by atomic mass is 32.2. The number of aromatic nitrogens is 2. The highest BCUT2D eigenvalue weighted by molar-refractivity contribution is 8.01. The van der Waals surface area contributed by atoms with Gasteiger partial charge in [-0.2, -0.15) is 0 Å². The number of unbranched alkanes of at least 4 members (excludes halogenated alkanes) is 1. The molecule has 2 aromatic rings. The van der Waals surface area contributed by atoms with E-state index in [1.165, 1.54) is 24.2 Å². The van der Waals surface area contributed by atoms with E-state index < -0.39 is 0 Å². The molecule has 0 aliphatic rings. The van der Waals surface area contributed by atoms with Crippen molar-refractivity contribution >= 4 is 34.0 Å². The number of carbonyl (C=O) groups is 1. The number of ketones is 1. The molecule has 1 N–H and O–H groups in total. The van der Waals surface area contributed by atoms with E-state index in [1.807, 2.05) is 0 Å². The number of anilines is 1. The van der Waals surface area contributed by atoms with E-state index in [4.69, 9.17) is 4.74 Å². The van der Waals surface area contributed by atoms with Gasteiger partial charge in [0.05, 0.1) is 13.7 Å². The van der Waals surface area contributed by atoms with Gasteiger partial charge in [0.25, 0.3) is 0 Å². The summed E-state index contributed by atoms with van der Waals surface area (Å²) in [5.74, 6) is 1.80. The standard InChI is InChI=1S/C15H19N3O2S2/c1-3-4-9-21-15-18-17-14(22-15)16-10-13(19)11-5-7-12(20-2)8-6-11/h5-8H,3-4,9-10H2,1-2H3,(H,16,17). The Morgan fingerprint density at radius 2 is 2.09 bits per heavy atom. The number of carbonyl (C=O) groups excluding carboxylic acids is 1. The molecule has 0 aliphatic carbocycles. The minimum absolute atomic E-state index is 0.0121. The topological polar surface area (TPSA) is 64.1 Å². The second kappa shape index (κ2) is 8.75. The van der Waals surface area contributed by atoms with Gasteiger partial charge >= 0.3 is 0 Å². The van der Waals surface area contributed by atoms with Gasteiger partial charge in [0.15, 0.2) is 10.1 Å². The van der Waals surface area contributed by atoms with Gasteiger partial charge in [0.1, 0.15) is 5.75 Å². The van der Waals surface area contributed by atoms with Crippen molar-refractivity contribution in [2.75, 3.05) is 24.7 Å². The number of thioether (sulfide) groups is 1. The molecule has 7 heteroatoms. The van der Waals surface area contributed by atoms with Crippen LogP contribution in [0.4, 0.5) is 5.13 Å². The zero-order valence-electron chi connectivity index (χ0n) is 12.7. The average Bonchev–Trinajstić information content (AvgIpc) is 3.01. The first kappa shape index (κ1) is 16.8. The predicted molar refractivity (Wildman–Crippen MR) is 91.4 cm³/mol. The van der Waals surface area contributed by atoms with Gasteiger partial charge in [0, 0.05) is 11.3 Å². The fourth-order valence-corrected chi connectivity index (χ4v) is 3.58. The summed E-state index contributed by atoms with van der Waals surface area (Å²) in [5, 5.41) is 11.9. The van der Waals surface area contributed by atoms with Crippen LogP contribution in [0.2, 0.25) is 0 Å². The largest absolute Gasteiger partial charge is 0.497 e. The maximum atomic E-state index is 12.1. The first-order valence-electron chi connectivity index (χ1n) is 7.10. The van der Waals surface area contributed by atoms with Gasteiger partial charge in [-0.3, -0.25) is 4.79 Å². The Labute approximate surface area is 138 Å². The van der Waals surface area contributed by atoms with E-state index in [-0.39, 0.29) is 12.3 Å². The van der Waals surface area contributed by atoms with Crippen LogP contribution in [0.5, 0.6) is 5.75 Å². The number of ether oxygens (including phenoxy) is 1. The molecule has 5 nitrogen and oxygen atoms in total. The predicted octanol–water partition coefficient (Wildman–Crippen LogP) is 3.73. The minimum Gasteiger partial charge on any atom is -0.497 e. The monoisotopic (exact) mass is 337 g/mol. The molecule has 0 radical (unpaired) electrons. The van der Waals surface area contributed by atoms with E-state index in [2.05, 4.69) is 22.4 Å². The average molecular weight is 337 g/mol. The molecule has 0 atom stereocenters. The molecule has 2 rings (SSSR count). The number of nitrogens with zero attached hydrogens (tertiary/aromatic N) is 2. The molecule has 0 aliphatic heterocycles. The van der Waals surface area contributed by atoms with Crippen molar-refractivity contribution in [3.63, 3.8) is 0 Å². The number of nitrogens with one attached hydrogen (secondary N) is 1. The van der Waals surface area contributed by atoms with Crippen molar-refractivity contribution in [1.29, 1.82) is 0 Å². The second-order valence-electron chi connectivity index (χ2n) is 4.58. The lowest BCUT2D eigenvalue weighted by Crippen LogP contribution is -2.13. The molecule has 0 saturated heterocycles. The Kier molecular flexibility index (Phi) is 6.67. The summed E-state index contributed by atoms with van der Waals surface area (Å²) in [7, 11) is 1.60. The van der Waals surface area contributed by atoms with Crippen molar-refractivity contribution in [2.45, 2.75) is 24.1 Å². The third-order valence-corrected chi connectivity index (χ3v) is 5.04. The molecule has 1 heterocycles. The zero-order chi connectivity index (χ0) is 15.8. The number of methoxy groups -OCH3 is 1. The van der Waals surface area contributed by atoms with Crippen molar-refractivity contribution in [2.24, 2.45) is 0 Å². The minimum atomic E-state index is 0.0121. The Hall–Kier alpha value is -1.60. The van der Waals surface area contributed by atoms with E-state index in [0.717, 1.165) is 15.8 Å². The normalized spacial score (nSPS) is 10.5. The number of hydrogen-bond acceptors (Lipinski definition) is 7. The molecule has 1 aromatic carbocycles. The van der Waals surface area contributed by atoms with E-state index in [0.29, 0.717) is 10.7 Å². The van der Waals surface area contributed by atoms with Crippen LogP contribution in [-0.2, 0) is 0 Å². The lowest BCUT2D eigenvalue weighted by atomic mass is 10.1. The molecule has 118 valence electrons. The van der Waals surface area contributed by atoms with Gasteiger partial charge in [-0.25, -0.2) is 0 Å². The second-order valence-corrected chi connectivity index (χ2v) is 6.90. The van der Waals surface area contributed by atoms with Crippen molar-refractivity contribution in [1.82, 2.24) is 10.2 Å². The summed E-state index contributed by atoms with van der Waals surface area (Å²) in [6.45, 7) is 2.37. The smallest absolute Gasteiger partial charge is 0.206 e. The van der Waals surface area contributed by atoms with Gasteiger partial charge in [0.2, 0.25) is 5.13 Å². The van der Waals surface area contributed by atoms with Crippen LogP contribution >= 0.6 is 23.1 Å².